The zero-order valence-electron chi connectivity index (χ0n) is 11.5. The van der Waals surface area contributed by atoms with Crippen LogP contribution >= 0.6 is 0 Å². The largest absolute Gasteiger partial charge is 0.295 e. The SMILES string of the molecule is O=C1C=C2CCCC3CCCC3CCCC2CC1. The van der Waals surface area contributed by atoms with E-state index in [1.165, 1.54) is 63.4 Å². The second-order valence-corrected chi connectivity index (χ2v) is 6.70. The van der Waals surface area contributed by atoms with E-state index in [1.54, 1.807) is 0 Å². The van der Waals surface area contributed by atoms with Crippen molar-refractivity contribution >= 4 is 5.78 Å². The van der Waals surface area contributed by atoms with Gasteiger partial charge in [0.1, 0.15) is 0 Å². The second-order valence-electron chi connectivity index (χ2n) is 6.70. The molecule has 3 rings (SSSR count). The molecule has 0 aromatic rings. The summed E-state index contributed by atoms with van der Waals surface area (Å²) < 4.78 is 0. The topological polar surface area (TPSA) is 17.1 Å². The van der Waals surface area contributed by atoms with Crippen LogP contribution in [-0.4, -0.2) is 5.78 Å². The Morgan fingerprint density at radius 1 is 0.778 bits per heavy atom. The lowest BCUT2D eigenvalue weighted by Gasteiger charge is -2.28. The molecular formula is C17H26O. The molecule has 0 N–H and O–H groups in total. The van der Waals surface area contributed by atoms with Gasteiger partial charge in [0.25, 0.3) is 0 Å². The summed E-state index contributed by atoms with van der Waals surface area (Å²) in [5.74, 6) is 3.19. The van der Waals surface area contributed by atoms with E-state index in [1.807, 2.05) is 6.08 Å². The van der Waals surface area contributed by atoms with Gasteiger partial charge in [-0.15, -0.1) is 0 Å². The molecule has 2 saturated carbocycles. The van der Waals surface area contributed by atoms with Crippen LogP contribution in [-0.2, 0) is 4.79 Å². The Labute approximate surface area is 111 Å². The van der Waals surface area contributed by atoms with Gasteiger partial charge in [-0.25, -0.2) is 0 Å². The van der Waals surface area contributed by atoms with Crippen LogP contribution in [0, 0.1) is 17.8 Å². The Balaban J connectivity index is 1.68. The average molecular weight is 246 g/mol. The molecule has 3 aliphatic carbocycles. The van der Waals surface area contributed by atoms with Crippen LogP contribution in [0.1, 0.15) is 70.6 Å². The molecule has 0 heterocycles. The van der Waals surface area contributed by atoms with Gasteiger partial charge < -0.3 is 0 Å². The van der Waals surface area contributed by atoms with E-state index < -0.39 is 0 Å². The zero-order chi connectivity index (χ0) is 12.4. The molecule has 3 atom stereocenters. The van der Waals surface area contributed by atoms with Gasteiger partial charge in [-0.1, -0.05) is 37.7 Å². The molecule has 0 spiro atoms. The predicted octanol–water partition coefficient (Wildman–Crippen LogP) is 4.66. The third kappa shape index (κ3) is 2.70. The standard InChI is InChI=1S/C17H26O/c18-17-11-10-15-8-2-6-13-4-1-5-14(13)7-3-9-16(15)12-17/h12-15H,1-11H2. The van der Waals surface area contributed by atoms with E-state index in [0.29, 0.717) is 5.78 Å². The van der Waals surface area contributed by atoms with Gasteiger partial charge in [0, 0.05) is 6.42 Å². The van der Waals surface area contributed by atoms with E-state index in [-0.39, 0.29) is 0 Å². The number of allylic oxidation sites excluding steroid dienone is 2. The van der Waals surface area contributed by atoms with Crippen molar-refractivity contribution in [2.24, 2.45) is 17.8 Å². The molecular weight excluding hydrogens is 220 g/mol. The number of fused-ring (bicyclic) bond motifs is 2. The van der Waals surface area contributed by atoms with E-state index in [0.717, 1.165) is 30.6 Å². The minimum absolute atomic E-state index is 0.386. The van der Waals surface area contributed by atoms with Crippen molar-refractivity contribution < 1.29 is 4.79 Å². The van der Waals surface area contributed by atoms with Crippen LogP contribution in [0.2, 0.25) is 0 Å². The molecule has 0 radical (unpaired) electrons. The van der Waals surface area contributed by atoms with E-state index >= 15 is 0 Å². The minimum atomic E-state index is 0.386. The Kier molecular flexibility index (Phi) is 3.86. The third-order valence-electron chi connectivity index (χ3n) is 5.59. The molecule has 0 aromatic heterocycles. The maximum absolute atomic E-state index is 11.6. The van der Waals surface area contributed by atoms with Crippen LogP contribution in [0.4, 0.5) is 0 Å². The Bertz CT molecular complexity index is 342. The third-order valence-corrected chi connectivity index (χ3v) is 5.59. The van der Waals surface area contributed by atoms with Crippen LogP contribution in [0.5, 0.6) is 0 Å². The quantitative estimate of drug-likeness (QED) is 0.607. The number of hydrogen-bond acceptors (Lipinski definition) is 1. The highest BCUT2D eigenvalue weighted by Crippen LogP contribution is 2.41. The lowest BCUT2D eigenvalue weighted by Crippen LogP contribution is -2.17. The van der Waals surface area contributed by atoms with Gasteiger partial charge in [0.05, 0.1) is 0 Å². The Morgan fingerprint density at radius 2 is 1.44 bits per heavy atom. The molecule has 0 amide bonds. The van der Waals surface area contributed by atoms with Gasteiger partial charge in [0.15, 0.2) is 5.78 Å². The number of ketones is 1. The van der Waals surface area contributed by atoms with Gasteiger partial charge in [0.2, 0.25) is 0 Å². The monoisotopic (exact) mass is 246 g/mol. The Hall–Kier alpha value is -0.590. The van der Waals surface area contributed by atoms with E-state index in [4.69, 9.17) is 0 Å². The van der Waals surface area contributed by atoms with Crippen LogP contribution < -0.4 is 0 Å². The molecule has 3 unspecified atom stereocenters. The summed E-state index contributed by atoms with van der Waals surface area (Å²) >= 11 is 0. The fourth-order valence-electron chi connectivity index (χ4n) is 4.57. The summed E-state index contributed by atoms with van der Waals surface area (Å²) in [6, 6.07) is 0. The van der Waals surface area contributed by atoms with Crippen molar-refractivity contribution in [3.05, 3.63) is 11.6 Å². The predicted molar refractivity (Wildman–Crippen MR) is 74.3 cm³/mol. The first kappa shape index (κ1) is 12.4. The first-order valence-corrected chi connectivity index (χ1v) is 8.06. The number of carbonyl (C=O) groups excluding carboxylic acids is 1. The molecule has 0 bridgehead atoms. The molecule has 2 fully saturated rings. The Morgan fingerprint density at radius 3 is 2.22 bits per heavy atom. The van der Waals surface area contributed by atoms with Crippen molar-refractivity contribution in [2.45, 2.75) is 70.6 Å². The normalized spacial score (nSPS) is 37.7. The fraction of sp³-hybridized carbons (Fsp3) is 0.824. The highest BCUT2D eigenvalue weighted by molar-refractivity contribution is 5.91. The lowest BCUT2D eigenvalue weighted by molar-refractivity contribution is -0.115. The summed E-state index contributed by atoms with van der Waals surface area (Å²) in [6.07, 6.45) is 16.6. The van der Waals surface area contributed by atoms with E-state index in [9.17, 15) is 4.79 Å². The van der Waals surface area contributed by atoms with Crippen molar-refractivity contribution in [1.82, 2.24) is 0 Å². The zero-order valence-corrected chi connectivity index (χ0v) is 11.5. The molecule has 1 heteroatoms. The van der Waals surface area contributed by atoms with Crippen molar-refractivity contribution in [3.63, 3.8) is 0 Å². The summed E-state index contributed by atoms with van der Waals surface area (Å²) in [7, 11) is 0. The highest BCUT2D eigenvalue weighted by atomic mass is 16.1. The first-order valence-electron chi connectivity index (χ1n) is 8.06. The minimum Gasteiger partial charge on any atom is -0.295 e. The summed E-state index contributed by atoms with van der Waals surface area (Å²) in [5, 5.41) is 0. The number of carbonyl (C=O) groups is 1. The van der Waals surface area contributed by atoms with Crippen LogP contribution in [0.15, 0.2) is 11.6 Å². The molecule has 0 aromatic carbocycles. The molecule has 100 valence electrons. The number of rotatable bonds is 0. The summed E-state index contributed by atoms with van der Waals surface area (Å²) in [5.41, 5.74) is 1.50. The smallest absolute Gasteiger partial charge is 0.155 e. The van der Waals surface area contributed by atoms with Crippen LogP contribution in [0.25, 0.3) is 0 Å². The maximum Gasteiger partial charge on any atom is 0.155 e. The molecule has 0 aliphatic heterocycles. The molecule has 18 heavy (non-hydrogen) atoms. The van der Waals surface area contributed by atoms with Gasteiger partial charge >= 0.3 is 0 Å². The molecule has 0 saturated heterocycles. The van der Waals surface area contributed by atoms with Crippen molar-refractivity contribution in [3.8, 4) is 0 Å². The second kappa shape index (κ2) is 5.59. The van der Waals surface area contributed by atoms with Crippen molar-refractivity contribution in [2.75, 3.05) is 0 Å². The van der Waals surface area contributed by atoms with Crippen LogP contribution in [0.3, 0.4) is 0 Å². The van der Waals surface area contributed by atoms with Gasteiger partial charge in [-0.3, -0.25) is 4.79 Å². The van der Waals surface area contributed by atoms with E-state index in [2.05, 4.69) is 0 Å². The maximum atomic E-state index is 11.6. The van der Waals surface area contributed by atoms with Crippen molar-refractivity contribution in [1.29, 1.82) is 0 Å². The summed E-state index contributed by atoms with van der Waals surface area (Å²) in [4.78, 5) is 11.6. The first-order chi connectivity index (χ1) is 8.83. The van der Waals surface area contributed by atoms with Gasteiger partial charge in [-0.2, -0.15) is 0 Å². The fourth-order valence-corrected chi connectivity index (χ4v) is 4.57. The average Bonchev–Trinajstić information content (AvgIpc) is 2.80. The molecule has 3 aliphatic rings. The molecule has 1 nitrogen and oxygen atoms in total. The lowest BCUT2D eigenvalue weighted by atomic mass is 9.77. The number of hydrogen-bond donors (Lipinski definition) is 0. The van der Waals surface area contributed by atoms with Gasteiger partial charge in [-0.05, 0) is 55.9 Å². The summed E-state index contributed by atoms with van der Waals surface area (Å²) in [6.45, 7) is 0. The highest BCUT2D eigenvalue weighted by Gasteiger charge is 2.29.